The number of hydrogen-bond donors (Lipinski definition) is 1. The van der Waals surface area contributed by atoms with Gasteiger partial charge < -0.3 is 10.1 Å². The van der Waals surface area contributed by atoms with Crippen LogP contribution in [0.4, 0.5) is 15.8 Å². The number of methoxy groups -OCH3 is 1. The van der Waals surface area contributed by atoms with E-state index in [-0.39, 0.29) is 18.2 Å². The fourth-order valence-corrected chi connectivity index (χ4v) is 3.52. The summed E-state index contributed by atoms with van der Waals surface area (Å²) in [5.41, 5.74) is 0.991. The van der Waals surface area contributed by atoms with Gasteiger partial charge in [-0.25, -0.2) is 9.38 Å². The van der Waals surface area contributed by atoms with Crippen molar-refractivity contribution in [1.29, 1.82) is 0 Å². The normalized spacial score (nSPS) is 18.5. The smallest absolute Gasteiger partial charge is 0.238 e. The van der Waals surface area contributed by atoms with Crippen LogP contribution < -0.4 is 10.1 Å². The summed E-state index contributed by atoms with van der Waals surface area (Å²) in [5, 5.41) is 2.52. The second kappa shape index (κ2) is 8.22. The molecule has 0 radical (unpaired) electrons. The van der Waals surface area contributed by atoms with Gasteiger partial charge in [0, 0.05) is 19.2 Å². The topological polar surface area (TPSA) is 71.0 Å². The van der Waals surface area contributed by atoms with E-state index in [4.69, 9.17) is 4.74 Å². The number of amidine groups is 1. The first-order chi connectivity index (χ1) is 13.0. The lowest BCUT2D eigenvalue weighted by Gasteiger charge is -2.28. The molecule has 1 heterocycles. The van der Waals surface area contributed by atoms with Crippen LogP contribution in [0, 0.1) is 5.82 Å². The summed E-state index contributed by atoms with van der Waals surface area (Å²) in [6, 6.07) is 12.7. The minimum absolute atomic E-state index is 0.0608. The molecule has 0 spiro atoms. The molecule has 8 heteroatoms. The summed E-state index contributed by atoms with van der Waals surface area (Å²) < 4.78 is 18.5. The molecule has 2 aromatic carbocycles. The summed E-state index contributed by atoms with van der Waals surface area (Å²) in [6.45, 7) is 0. The number of halogens is 1. The molecule has 0 aliphatic carbocycles. The minimum Gasteiger partial charge on any atom is -0.497 e. The first-order valence-electron chi connectivity index (χ1n) is 8.18. The van der Waals surface area contributed by atoms with Gasteiger partial charge in [0.1, 0.15) is 16.8 Å². The minimum atomic E-state index is -0.622. The van der Waals surface area contributed by atoms with Gasteiger partial charge in [0.25, 0.3) is 0 Å². The number of rotatable bonds is 4. The summed E-state index contributed by atoms with van der Waals surface area (Å²) in [7, 11) is 3.15. The third-order valence-electron chi connectivity index (χ3n) is 3.95. The largest absolute Gasteiger partial charge is 0.497 e. The molecule has 2 amide bonds. The molecule has 1 unspecified atom stereocenters. The van der Waals surface area contributed by atoms with Crippen molar-refractivity contribution in [3.05, 3.63) is 54.3 Å². The second-order valence-electron chi connectivity index (χ2n) is 5.86. The number of ether oxygens (including phenoxy) is 1. The van der Waals surface area contributed by atoms with E-state index in [0.29, 0.717) is 22.3 Å². The number of hydrogen-bond acceptors (Lipinski definition) is 5. The van der Waals surface area contributed by atoms with Crippen molar-refractivity contribution in [3.8, 4) is 5.75 Å². The maximum absolute atomic E-state index is 13.4. The van der Waals surface area contributed by atoms with Crippen molar-refractivity contribution in [2.45, 2.75) is 11.7 Å². The zero-order chi connectivity index (χ0) is 19.4. The van der Waals surface area contributed by atoms with Gasteiger partial charge in [-0.2, -0.15) is 0 Å². The molecule has 1 aliphatic rings. The van der Waals surface area contributed by atoms with Crippen molar-refractivity contribution in [1.82, 2.24) is 4.90 Å². The SMILES string of the molecule is COc1ccc(NC(=O)C2CC(=O)N(C)C(=Nc3cccc(F)c3)S2)cc1. The van der Waals surface area contributed by atoms with E-state index in [2.05, 4.69) is 10.3 Å². The van der Waals surface area contributed by atoms with Crippen LogP contribution >= 0.6 is 11.8 Å². The Bertz CT molecular complexity index is 886. The molecule has 2 aromatic rings. The Kier molecular flexibility index (Phi) is 5.75. The number of thioether (sulfide) groups is 1. The van der Waals surface area contributed by atoms with Crippen LogP contribution in [-0.4, -0.2) is 41.3 Å². The number of nitrogens with zero attached hydrogens (tertiary/aromatic N) is 2. The van der Waals surface area contributed by atoms with Crippen LogP contribution in [0.5, 0.6) is 5.75 Å². The molecule has 1 aliphatic heterocycles. The number of amides is 2. The van der Waals surface area contributed by atoms with Gasteiger partial charge in [0.15, 0.2) is 5.17 Å². The van der Waals surface area contributed by atoms with Crippen LogP contribution in [0.3, 0.4) is 0 Å². The third kappa shape index (κ3) is 4.65. The Labute approximate surface area is 160 Å². The molecular weight excluding hydrogens is 369 g/mol. The Morgan fingerprint density at radius 1 is 1.30 bits per heavy atom. The highest BCUT2D eigenvalue weighted by Crippen LogP contribution is 2.29. The van der Waals surface area contributed by atoms with E-state index in [1.54, 1.807) is 44.5 Å². The Morgan fingerprint density at radius 2 is 2.04 bits per heavy atom. The number of anilines is 1. The van der Waals surface area contributed by atoms with Crippen LogP contribution in [0.15, 0.2) is 53.5 Å². The lowest BCUT2D eigenvalue weighted by Crippen LogP contribution is -2.43. The van der Waals surface area contributed by atoms with Gasteiger partial charge >= 0.3 is 0 Å². The average Bonchev–Trinajstić information content (AvgIpc) is 2.66. The molecule has 0 saturated carbocycles. The lowest BCUT2D eigenvalue weighted by molar-refractivity contribution is -0.128. The summed E-state index contributed by atoms with van der Waals surface area (Å²) >= 11 is 1.17. The highest BCUT2D eigenvalue weighted by atomic mass is 32.2. The molecule has 6 nitrogen and oxygen atoms in total. The summed E-state index contributed by atoms with van der Waals surface area (Å²) in [6.07, 6.45) is 0.0608. The van der Waals surface area contributed by atoms with Crippen molar-refractivity contribution in [3.63, 3.8) is 0 Å². The Hall–Kier alpha value is -2.87. The maximum atomic E-state index is 13.4. The van der Waals surface area contributed by atoms with Crippen LogP contribution in [0.2, 0.25) is 0 Å². The van der Waals surface area contributed by atoms with Crippen LogP contribution in [-0.2, 0) is 9.59 Å². The molecular formula is C19H18FN3O3S. The molecule has 0 bridgehead atoms. The van der Waals surface area contributed by atoms with Crippen molar-refractivity contribution >= 4 is 40.1 Å². The molecule has 27 heavy (non-hydrogen) atoms. The van der Waals surface area contributed by atoms with Gasteiger partial charge in [-0.15, -0.1) is 0 Å². The third-order valence-corrected chi connectivity index (χ3v) is 5.19. The first-order valence-corrected chi connectivity index (χ1v) is 9.06. The quantitative estimate of drug-likeness (QED) is 0.873. The zero-order valence-corrected chi connectivity index (χ0v) is 15.6. The predicted molar refractivity (Wildman–Crippen MR) is 104 cm³/mol. The van der Waals surface area contributed by atoms with Gasteiger partial charge in [-0.3, -0.25) is 14.5 Å². The number of carbonyl (C=O) groups is 2. The van der Waals surface area contributed by atoms with Gasteiger partial charge in [-0.1, -0.05) is 17.8 Å². The highest BCUT2D eigenvalue weighted by molar-refractivity contribution is 8.15. The fourth-order valence-electron chi connectivity index (χ4n) is 2.45. The van der Waals surface area contributed by atoms with E-state index in [0.717, 1.165) is 0 Å². The summed E-state index contributed by atoms with van der Waals surface area (Å²) in [4.78, 5) is 30.6. The van der Waals surface area contributed by atoms with E-state index in [1.807, 2.05) is 0 Å². The van der Waals surface area contributed by atoms with E-state index in [9.17, 15) is 14.0 Å². The highest BCUT2D eigenvalue weighted by Gasteiger charge is 2.34. The second-order valence-corrected chi connectivity index (χ2v) is 7.03. The van der Waals surface area contributed by atoms with Gasteiger partial charge in [-0.05, 0) is 42.5 Å². The standard InChI is InChI=1S/C19H18FN3O3S/c1-23-17(24)11-16(18(25)21-13-6-8-15(26-2)9-7-13)27-19(23)22-14-5-3-4-12(20)10-14/h3-10,16H,11H2,1-2H3,(H,21,25). The van der Waals surface area contributed by atoms with E-state index < -0.39 is 11.1 Å². The maximum Gasteiger partial charge on any atom is 0.238 e. The molecule has 1 saturated heterocycles. The zero-order valence-electron chi connectivity index (χ0n) is 14.8. The lowest BCUT2D eigenvalue weighted by atomic mass is 10.2. The van der Waals surface area contributed by atoms with Gasteiger partial charge in [0.05, 0.1) is 12.8 Å². The fraction of sp³-hybridized carbons (Fsp3) is 0.211. The van der Waals surface area contributed by atoms with Crippen LogP contribution in [0.25, 0.3) is 0 Å². The Morgan fingerprint density at radius 3 is 2.70 bits per heavy atom. The van der Waals surface area contributed by atoms with E-state index >= 15 is 0 Å². The molecule has 0 aromatic heterocycles. The first kappa shape index (κ1) is 18.9. The summed E-state index contributed by atoms with van der Waals surface area (Å²) in [5.74, 6) is -0.251. The number of carbonyl (C=O) groups excluding carboxylic acids is 2. The van der Waals surface area contributed by atoms with Crippen molar-refractivity contribution in [2.24, 2.45) is 4.99 Å². The van der Waals surface area contributed by atoms with Crippen LogP contribution in [0.1, 0.15) is 6.42 Å². The molecule has 140 valence electrons. The number of nitrogens with one attached hydrogen (secondary N) is 1. The Balaban J connectivity index is 1.75. The number of benzene rings is 2. The average molecular weight is 387 g/mol. The predicted octanol–water partition coefficient (Wildman–Crippen LogP) is 3.42. The molecule has 1 fully saturated rings. The van der Waals surface area contributed by atoms with Crippen molar-refractivity contribution in [2.75, 3.05) is 19.5 Å². The molecule has 1 atom stereocenters. The van der Waals surface area contributed by atoms with Crippen molar-refractivity contribution < 1.29 is 18.7 Å². The molecule has 1 N–H and O–H groups in total. The molecule has 3 rings (SSSR count). The number of aliphatic imine (C=N–C) groups is 1. The van der Waals surface area contributed by atoms with Gasteiger partial charge in [0.2, 0.25) is 11.8 Å². The monoisotopic (exact) mass is 387 g/mol. The van der Waals surface area contributed by atoms with E-state index in [1.165, 1.54) is 34.9 Å².